The molecule has 1 fully saturated rings. The summed E-state index contributed by atoms with van der Waals surface area (Å²) >= 11 is 4.24. The number of hydrogen-bond acceptors (Lipinski definition) is 6. The summed E-state index contributed by atoms with van der Waals surface area (Å²) in [5.41, 5.74) is 1.05. The highest BCUT2D eigenvalue weighted by Crippen LogP contribution is 2.24. The van der Waals surface area contributed by atoms with Crippen LogP contribution in [0.3, 0.4) is 0 Å². The molecular weight excluding hydrogens is 329 g/mol. The van der Waals surface area contributed by atoms with Crippen LogP contribution in [-0.2, 0) is 15.5 Å². The molecule has 5 nitrogen and oxygen atoms in total. The van der Waals surface area contributed by atoms with Crippen molar-refractivity contribution in [2.45, 2.75) is 52.1 Å². The fourth-order valence-corrected chi connectivity index (χ4v) is 2.78. The zero-order chi connectivity index (χ0) is 16.9. The molecule has 0 spiro atoms. The zero-order valence-corrected chi connectivity index (χ0v) is 16.4. The molecule has 1 aromatic rings. The van der Waals surface area contributed by atoms with E-state index >= 15 is 0 Å². The minimum Gasteiger partial charge on any atom is -0.341 e. The molecule has 0 saturated carbocycles. The van der Waals surface area contributed by atoms with E-state index in [2.05, 4.69) is 41.3 Å². The van der Waals surface area contributed by atoms with Gasteiger partial charge in [0.1, 0.15) is 0 Å². The van der Waals surface area contributed by atoms with Crippen LogP contribution in [0.4, 0.5) is 5.95 Å². The lowest BCUT2D eigenvalue weighted by atomic mass is 10.1. The van der Waals surface area contributed by atoms with Crippen LogP contribution in [0, 0.1) is 0 Å². The predicted molar refractivity (Wildman–Crippen MR) is 102 cm³/mol. The van der Waals surface area contributed by atoms with Crippen molar-refractivity contribution >= 4 is 27.6 Å². The minimum atomic E-state index is 0.144. The van der Waals surface area contributed by atoms with E-state index in [9.17, 15) is 0 Å². The smallest absolute Gasteiger partial charge is 0.225 e. The van der Waals surface area contributed by atoms with Gasteiger partial charge in [0, 0.05) is 32.1 Å². The molecule has 0 radical (unpaired) electrons. The van der Waals surface area contributed by atoms with E-state index in [-0.39, 0.29) is 9.03 Å². The van der Waals surface area contributed by atoms with Crippen LogP contribution >= 0.6 is 21.7 Å². The van der Waals surface area contributed by atoms with Gasteiger partial charge in [-0.05, 0) is 31.1 Å². The molecule has 2 heterocycles. The largest absolute Gasteiger partial charge is 0.341 e. The molecule has 0 aliphatic carbocycles. The monoisotopic (exact) mass is 359 g/mol. The summed E-state index contributed by atoms with van der Waals surface area (Å²) < 4.78 is 10.6. The average Bonchev–Trinajstić information content (AvgIpc) is 2.61. The Bertz CT molecular complexity index is 416. The predicted octanol–water partition coefficient (Wildman–Crippen LogP) is 3.90. The fraction of sp³-hybridized carbons (Fsp3) is 0.750. The van der Waals surface area contributed by atoms with E-state index in [1.54, 1.807) is 7.11 Å². The lowest BCUT2D eigenvalue weighted by Crippen LogP contribution is -2.37. The molecule has 1 atom stereocenters. The number of aryl methyl sites for hydroxylation is 1. The highest BCUT2D eigenvalue weighted by atomic mass is 32.1. The van der Waals surface area contributed by atoms with Gasteiger partial charge in [-0.2, -0.15) is 12.6 Å². The summed E-state index contributed by atoms with van der Waals surface area (Å²) in [4.78, 5) is 11.2. The Kier molecular flexibility index (Phi) is 11.6. The Morgan fingerprint density at radius 2 is 2.00 bits per heavy atom. The molecule has 0 aromatic carbocycles. The highest BCUT2D eigenvalue weighted by Gasteiger charge is 2.21. The highest BCUT2D eigenvalue weighted by molar-refractivity contribution is 7.80. The van der Waals surface area contributed by atoms with E-state index in [0.29, 0.717) is 6.10 Å². The summed E-state index contributed by atoms with van der Waals surface area (Å²) in [6.07, 6.45) is 7.64. The van der Waals surface area contributed by atoms with Crippen LogP contribution in [0.15, 0.2) is 12.3 Å². The van der Waals surface area contributed by atoms with Gasteiger partial charge in [0.15, 0.2) is 9.03 Å². The summed E-state index contributed by atoms with van der Waals surface area (Å²) in [6.45, 7) is 6.23. The minimum absolute atomic E-state index is 0.144. The summed E-state index contributed by atoms with van der Waals surface area (Å²) in [5, 5.41) is 0. The van der Waals surface area contributed by atoms with Crippen LogP contribution in [0.5, 0.6) is 0 Å². The van der Waals surface area contributed by atoms with Crippen LogP contribution in [0.1, 0.15) is 45.2 Å². The average molecular weight is 359 g/mol. The molecule has 0 amide bonds. The normalized spacial score (nSPS) is 15.7. The maximum Gasteiger partial charge on any atom is 0.225 e. The van der Waals surface area contributed by atoms with Crippen molar-refractivity contribution in [3.05, 3.63) is 18.0 Å². The van der Waals surface area contributed by atoms with E-state index < -0.39 is 0 Å². The van der Waals surface area contributed by atoms with Crippen molar-refractivity contribution in [2.75, 3.05) is 30.9 Å². The summed E-state index contributed by atoms with van der Waals surface area (Å²) in [5.74, 6) is 1.64. The van der Waals surface area contributed by atoms with Gasteiger partial charge in [-0.25, -0.2) is 9.97 Å². The zero-order valence-electron chi connectivity index (χ0n) is 14.5. The van der Waals surface area contributed by atoms with E-state index in [4.69, 9.17) is 9.05 Å². The topological polar surface area (TPSA) is 47.5 Å². The second kappa shape index (κ2) is 12.9. The van der Waals surface area contributed by atoms with Gasteiger partial charge in [0.2, 0.25) is 5.95 Å². The molecular formula is C16H30N3O2PS. The van der Waals surface area contributed by atoms with Crippen LogP contribution < -0.4 is 4.90 Å². The van der Waals surface area contributed by atoms with Crippen molar-refractivity contribution < 1.29 is 9.05 Å². The third-order valence-corrected chi connectivity index (χ3v) is 4.41. The Balaban J connectivity index is 0.000000593. The molecule has 132 valence electrons. The number of nitrogens with zero attached hydrogens (tertiary/aromatic N) is 3. The number of anilines is 1. The molecule has 1 saturated heterocycles. The van der Waals surface area contributed by atoms with Gasteiger partial charge in [0.05, 0.1) is 6.10 Å². The van der Waals surface area contributed by atoms with Crippen molar-refractivity contribution in [3.63, 3.8) is 0 Å². The first-order valence-corrected chi connectivity index (χ1v) is 9.81. The second-order valence-corrected chi connectivity index (χ2v) is 6.67. The molecule has 1 aromatic heterocycles. The van der Waals surface area contributed by atoms with Gasteiger partial charge < -0.3 is 13.9 Å². The number of unbranched alkanes of at least 4 members (excludes halogenated alkanes) is 1. The third-order valence-electron chi connectivity index (χ3n) is 3.59. The van der Waals surface area contributed by atoms with Crippen LogP contribution in [0.25, 0.3) is 0 Å². The molecule has 23 heavy (non-hydrogen) atoms. The number of aromatic nitrogens is 2. The van der Waals surface area contributed by atoms with Crippen LogP contribution in [0.2, 0.25) is 0 Å². The number of thiol groups is 1. The lowest BCUT2D eigenvalue weighted by Gasteiger charge is -2.31. The van der Waals surface area contributed by atoms with Crippen molar-refractivity contribution in [1.29, 1.82) is 0 Å². The molecule has 0 bridgehead atoms. The first-order chi connectivity index (χ1) is 11.2. The maximum atomic E-state index is 5.61. The van der Waals surface area contributed by atoms with Gasteiger partial charge >= 0.3 is 0 Å². The van der Waals surface area contributed by atoms with E-state index in [1.807, 2.05) is 12.3 Å². The second-order valence-electron chi connectivity index (χ2n) is 5.41. The fourth-order valence-electron chi connectivity index (χ4n) is 2.08. The SMILES string of the molecule is CCCC.COPOC1CCN(c2nccc(CCS)n2)CC1. The molecule has 1 unspecified atom stereocenters. The van der Waals surface area contributed by atoms with Gasteiger partial charge in [-0.1, -0.05) is 26.7 Å². The summed E-state index contributed by atoms with van der Waals surface area (Å²) in [7, 11) is 1.81. The van der Waals surface area contributed by atoms with Crippen molar-refractivity contribution in [3.8, 4) is 0 Å². The molecule has 0 N–H and O–H groups in total. The van der Waals surface area contributed by atoms with E-state index in [1.165, 1.54) is 12.8 Å². The number of piperidine rings is 1. The van der Waals surface area contributed by atoms with E-state index in [0.717, 1.165) is 49.7 Å². The van der Waals surface area contributed by atoms with Gasteiger partial charge in [-0.3, -0.25) is 0 Å². The first-order valence-electron chi connectivity index (χ1n) is 8.36. The third kappa shape index (κ3) is 8.30. The molecule has 7 heteroatoms. The van der Waals surface area contributed by atoms with Crippen molar-refractivity contribution in [2.24, 2.45) is 0 Å². The number of hydrogen-bond donors (Lipinski definition) is 1. The quantitative estimate of drug-likeness (QED) is 0.591. The Hall–Kier alpha value is -0.420. The molecule has 1 aliphatic rings. The maximum absolute atomic E-state index is 5.61. The van der Waals surface area contributed by atoms with Gasteiger partial charge in [-0.15, -0.1) is 0 Å². The molecule has 1 aliphatic heterocycles. The number of rotatable bonds is 7. The Labute approximate surface area is 147 Å². The summed E-state index contributed by atoms with van der Waals surface area (Å²) in [6, 6.07) is 1.95. The Morgan fingerprint density at radius 1 is 1.30 bits per heavy atom. The lowest BCUT2D eigenvalue weighted by molar-refractivity contribution is 0.173. The first kappa shape index (κ1) is 20.6. The standard InChI is InChI=1S/C12H20N3O2PS.C4H10/c1-16-18-17-11-3-7-15(8-4-11)12-13-6-2-10(14-12)5-9-19;1-3-4-2/h2,6,11,18-19H,3-5,7-9H2,1H3;3-4H2,1-2H3. The van der Waals surface area contributed by atoms with Crippen LogP contribution in [-0.4, -0.2) is 42.0 Å². The van der Waals surface area contributed by atoms with Gasteiger partial charge in [0.25, 0.3) is 0 Å². The molecule has 2 rings (SSSR count). The van der Waals surface area contributed by atoms with Crippen molar-refractivity contribution in [1.82, 2.24) is 9.97 Å². The Morgan fingerprint density at radius 3 is 2.57 bits per heavy atom.